The molecule has 2 N–H and O–H groups in total. The summed E-state index contributed by atoms with van der Waals surface area (Å²) in [5.74, 6) is -4.35. The standard InChI is InChI=1S/C21H18ClF4N5O/c22-21(25,26)20(23,24)14-3-5-15(6-4-14)29-19(32)13-11-16(17-7-8-28-30-17)18(27-12-13)31-9-1-2-10-31/h3-8,11-12H,1-2,9-10H2,(H,28,30)(H,29,32). The highest BCUT2D eigenvalue weighted by Gasteiger charge is 2.56. The van der Waals surface area contributed by atoms with Crippen LogP contribution < -0.4 is 10.2 Å². The van der Waals surface area contributed by atoms with Gasteiger partial charge in [0, 0.05) is 42.3 Å². The molecule has 6 nitrogen and oxygen atoms in total. The van der Waals surface area contributed by atoms with E-state index >= 15 is 0 Å². The first-order valence-corrected chi connectivity index (χ1v) is 10.2. The van der Waals surface area contributed by atoms with Gasteiger partial charge in [-0.2, -0.15) is 22.7 Å². The second kappa shape index (κ2) is 8.42. The SMILES string of the molecule is O=C(Nc1ccc(C(F)(F)C(F)(F)Cl)cc1)c1cnc(N2CCCC2)c(-c2ccn[nH]2)c1. The molecule has 0 atom stereocenters. The first-order valence-electron chi connectivity index (χ1n) is 9.78. The molecule has 168 valence electrons. The van der Waals surface area contributed by atoms with Gasteiger partial charge in [0.15, 0.2) is 0 Å². The Kier molecular flexibility index (Phi) is 5.81. The van der Waals surface area contributed by atoms with Crippen LogP contribution in [0.4, 0.5) is 29.1 Å². The van der Waals surface area contributed by atoms with E-state index in [0.717, 1.165) is 56.0 Å². The summed E-state index contributed by atoms with van der Waals surface area (Å²) in [5.41, 5.74) is 0.825. The number of hydrogen-bond donors (Lipinski definition) is 2. The molecule has 4 rings (SSSR count). The normalized spacial score (nSPS) is 14.6. The van der Waals surface area contributed by atoms with E-state index in [1.807, 2.05) is 0 Å². The highest BCUT2D eigenvalue weighted by atomic mass is 35.5. The second-order valence-corrected chi connectivity index (χ2v) is 7.84. The Morgan fingerprint density at radius 3 is 2.38 bits per heavy atom. The number of nitrogens with one attached hydrogen (secondary N) is 2. The number of H-pyrrole nitrogens is 1. The van der Waals surface area contributed by atoms with E-state index in [1.54, 1.807) is 18.3 Å². The number of hydrogen-bond acceptors (Lipinski definition) is 4. The summed E-state index contributed by atoms with van der Waals surface area (Å²) >= 11 is 4.51. The van der Waals surface area contributed by atoms with E-state index in [4.69, 9.17) is 0 Å². The number of rotatable bonds is 6. The van der Waals surface area contributed by atoms with Crippen molar-refractivity contribution in [2.75, 3.05) is 23.3 Å². The Morgan fingerprint density at radius 2 is 1.78 bits per heavy atom. The predicted octanol–water partition coefficient (Wildman–Crippen LogP) is 5.25. The van der Waals surface area contributed by atoms with Crippen molar-refractivity contribution in [3.63, 3.8) is 0 Å². The van der Waals surface area contributed by atoms with Crippen molar-refractivity contribution >= 4 is 29.0 Å². The summed E-state index contributed by atoms with van der Waals surface area (Å²) < 4.78 is 53.2. The number of carbonyl (C=O) groups is 1. The van der Waals surface area contributed by atoms with Gasteiger partial charge in [-0.05, 0) is 48.7 Å². The van der Waals surface area contributed by atoms with Crippen LogP contribution >= 0.6 is 11.6 Å². The van der Waals surface area contributed by atoms with Gasteiger partial charge in [0.1, 0.15) is 5.82 Å². The van der Waals surface area contributed by atoms with Crippen molar-refractivity contribution in [3.8, 4) is 11.3 Å². The molecule has 2 aromatic heterocycles. The zero-order chi connectivity index (χ0) is 22.9. The molecular formula is C21H18ClF4N5O. The van der Waals surface area contributed by atoms with Gasteiger partial charge in [-0.15, -0.1) is 0 Å². The fourth-order valence-electron chi connectivity index (χ4n) is 3.50. The van der Waals surface area contributed by atoms with Crippen LogP contribution in [0, 0.1) is 0 Å². The molecule has 0 saturated carbocycles. The molecule has 11 heteroatoms. The largest absolute Gasteiger partial charge is 0.388 e. The lowest BCUT2D eigenvalue weighted by molar-refractivity contribution is -0.164. The quantitative estimate of drug-likeness (QED) is 0.384. The van der Waals surface area contributed by atoms with Crippen LogP contribution in [0.3, 0.4) is 0 Å². The maximum absolute atomic E-state index is 13.7. The minimum absolute atomic E-state index is 0.152. The van der Waals surface area contributed by atoms with Crippen LogP contribution in [0.2, 0.25) is 0 Å². The summed E-state index contributed by atoms with van der Waals surface area (Å²) in [6, 6.07) is 7.22. The molecular weight excluding hydrogens is 450 g/mol. The van der Waals surface area contributed by atoms with E-state index in [0.29, 0.717) is 11.3 Å². The van der Waals surface area contributed by atoms with E-state index in [9.17, 15) is 22.4 Å². The number of alkyl halides is 5. The van der Waals surface area contributed by atoms with Gasteiger partial charge < -0.3 is 10.2 Å². The van der Waals surface area contributed by atoms with Gasteiger partial charge in [-0.1, -0.05) is 12.1 Å². The average Bonchev–Trinajstić information content (AvgIpc) is 3.47. The predicted molar refractivity (Wildman–Crippen MR) is 112 cm³/mol. The fraction of sp³-hybridized carbons (Fsp3) is 0.286. The van der Waals surface area contributed by atoms with Crippen LogP contribution in [0.25, 0.3) is 11.3 Å². The van der Waals surface area contributed by atoms with E-state index in [2.05, 4.69) is 37.0 Å². The molecule has 32 heavy (non-hydrogen) atoms. The Morgan fingerprint density at radius 1 is 1.09 bits per heavy atom. The third kappa shape index (κ3) is 4.27. The number of halogens is 5. The maximum atomic E-state index is 13.7. The number of aromatic nitrogens is 3. The summed E-state index contributed by atoms with van der Waals surface area (Å²) in [7, 11) is 0. The molecule has 0 aliphatic carbocycles. The summed E-state index contributed by atoms with van der Waals surface area (Å²) in [6.45, 7) is 1.72. The van der Waals surface area contributed by atoms with Crippen molar-refractivity contribution in [2.45, 2.75) is 24.1 Å². The third-order valence-electron chi connectivity index (χ3n) is 5.19. The lowest BCUT2D eigenvalue weighted by Crippen LogP contribution is -2.32. The Labute approximate surface area is 185 Å². The highest BCUT2D eigenvalue weighted by Crippen LogP contribution is 2.45. The molecule has 1 amide bonds. The Bertz CT molecular complexity index is 1090. The lowest BCUT2D eigenvalue weighted by Gasteiger charge is -2.21. The molecule has 0 unspecified atom stereocenters. The van der Waals surface area contributed by atoms with Crippen LogP contribution in [0.5, 0.6) is 0 Å². The number of aromatic amines is 1. The van der Waals surface area contributed by atoms with Crippen LogP contribution in [-0.4, -0.2) is 39.6 Å². The van der Waals surface area contributed by atoms with Crippen molar-refractivity contribution in [2.24, 2.45) is 0 Å². The molecule has 0 radical (unpaired) electrons. The average molecular weight is 468 g/mol. The number of nitrogens with zero attached hydrogens (tertiary/aromatic N) is 3. The van der Waals surface area contributed by atoms with Gasteiger partial charge >= 0.3 is 11.3 Å². The molecule has 1 saturated heterocycles. The number of amides is 1. The highest BCUT2D eigenvalue weighted by molar-refractivity contribution is 6.22. The van der Waals surface area contributed by atoms with Crippen molar-refractivity contribution in [1.29, 1.82) is 0 Å². The number of carbonyl (C=O) groups excluding carboxylic acids is 1. The van der Waals surface area contributed by atoms with Gasteiger partial charge in [0.2, 0.25) is 0 Å². The molecule has 1 fully saturated rings. The van der Waals surface area contributed by atoms with Crippen molar-refractivity contribution in [3.05, 3.63) is 59.9 Å². The van der Waals surface area contributed by atoms with Crippen LogP contribution in [-0.2, 0) is 5.92 Å². The topological polar surface area (TPSA) is 73.9 Å². The fourth-order valence-corrected chi connectivity index (χ4v) is 3.61. The van der Waals surface area contributed by atoms with E-state index in [1.165, 1.54) is 6.20 Å². The first kappa shape index (κ1) is 22.1. The molecule has 1 aliphatic rings. The molecule has 1 aliphatic heterocycles. The Balaban J connectivity index is 1.57. The molecule has 0 spiro atoms. The van der Waals surface area contributed by atoms with Gasteiger partial charge in [0.25, 0.3) is 5.91 Å². The molecule has 3 heterocycles. The summed E-state index contributed by atoms with van der Waals surface area (Å²) in [4.78, 5) is 19.3. The van der Waals surface area contributed by atoms with E-state index < -0.39 is 22.8 Å². The van der Waals surface area contributed by atoms with Crippen LogP contribution in [0.15, 0.2) is 48.8 Å². The molecule has 1 aromatic carbocycles. The monoisotopic (exact) mass is 467 g/mol. The Hall–Kier alpha value is -3.14. The smallest absolute Gasteiger partial charge is 0.356 e. The number of pyridine rings is 1. The zero-order valence-corrected chi connectivity index (χ0v) is 17.3. The van der Waals surface area contributed by atoms with Crippen molar-refractivity contribution < 1.29 is 22.4 Å². The molecule has 0 bridgehead atoms. The van der Waals surface area contributed by atoms with Crippen molar-refractivity contribution in [1.82, 2.24) is 15.2 Å². The third-order valence-corrected chi connectivity index (χ3v) is 5.42. The van der Waals surface area contributed by atoms with Crippen LogP contribution in [0.1, 0.15) is 28.8 Å². The maximum Gasteiger partial charge on any atom is 0.388 e. The summed E-state index contributed by atoms with van der Waals surface area (Å²) in [6.07, 6.45) is 5.13. The summed E-state index contributed by atoms with van der Waals surface area (Å²) in [5, 5.41) is 4.65. The number of benzene rings is 1. The lowest BCUT2D eigenvalue weighted by atomic mass is 10.1. The first-order chi connectivity index (χ1) is 15.2. The van der Waals surface area contributed by atoms with E-state index in [-0.39, 0.29) is 11.3 Å². The molecule has 3 aromatic rings. The number of anilines is 2. The second-order valence-electron chi connectivity index (χ2n) is 7.36. The minimum Gasteiger partial charge on any atom is -0.356 e. The van der Waals surface area contributed by atoms with Gasteiger partial charge in [0.05, 0.1) is 11.3 Å². The zero-order valence-electron chi connectivity index (χ0n) is 16.6. The van der Waals surface area contributed by atoms with Gasteiger partial charge in [-0.25, -0.2) is 4.98 Å². The van der Waals surface area contributed by atoms with Gasteiger partial charge in [-0.3, -0.25) is 9.89 Å². The minimum atomic E-state index is -4.73.